The molecule has 0 amide bonds. The minimum atomic E-state index is -4.96. The Bertz CT molecular complexity index is 1900. The lowest BCUT2D eigenvalue weighted by Gasteiger charge is -2.21. The molecule has 0 aliphatic rings. The summed E-state index contributed by atoms with van der Waals surface area (Å²) in [5.41, 5.74) is 0. The number of aliphatic hydroxyl groups is 1. The van der Waals surface area contributed by atoms with Gasteiger partial charge >= 0.3 is 39.5 Å². The van der Waals surface area contributed by atoms with Gasteiger partial charge in [-0.2, -0.15) is 0 Å². The van der Waals surface area contributed by atoms with Gasteiger partial charge in [0.15, 0.2) is 12.2 Å². The summed E-state index contributed by atoms with van der Waals surface area (Å²) in [6.45, 7) is 11.9. The van der Waals surface area contributed by atoms with Crippen molar-refractivity contribution in [2.75, 3.05) is 39.6 Å². The molecule has 0 aliphatic heterocycles. The first-order valence-electron chi connectivity index (χ1n) is 40.8. The maximum Gasteiger partial charge on any atom is 0.472 e. The lowest BCUT2D eigenvalue weighted by Crippen LogP contribution is -2.30. The van der Waals surface area contributed by atoms with Crippen LogP contribution in [0.1, 0.15) is 408 Å². The first-order valence-corrected chi connectivity index (χ1v) is 43.8. The van der Waals surface area contributed by atoms with E-state index in [-0.39, 0.29) is 25.7 Å². The lowest BCUT2D eigenvalue weighted by molar-refractivity contribution is -0.161. The number of phosphoric ester groups is 2. The third-order valence-electron chi connectivity index (χ3n) is 18.4. The van der Waals surface area contributed by atoms with Crippen LogP contribution < -0.4 is 0 Å². The lowest BCUT2D eigenvalue weighted by atomic mass is 10.0. The summed E-state index contributed by atoms with van der Waals surface area (Å²) in [6, 6.07) is 0. The summed E-state index contributed by atoms with van der Waals surface area (Å²) in [5.74, 6) is 0.137. The Labute approximate surface area is 600 Å². The van der Waals surface area contributed by atoms with E-state index in [1.807, 2.05) is 0 Å². The molecule has 0 spiro atoms. The Kier molecular flexibility index (Phi) is 68.1. The molecule has 0 heterocycles. The number of rotatable bonds is 77. The zero-order valence-electron chi connectivity index (χ0n) is 64.3. The number of unbranched alkanes of at least 4 members (excludes halogenated alkanes) is 45. The number of hydrogen-bond acceptors (Lipinski definition) is 15. The molecule has 0 saturated carbocycles. The SMILES string of the molecule is CCCCCCCCCCCCCCCCCCCCCC(=O)O[C@H](COC(=O)CCCCCCCCCCCCCCC(C)C)COP(=O)(O)OC[C@@H](O)COP(=O)(O)OC[C@@H](COC(=O)CCCCCCCCCC(C)C)OC(=O)CCCCCCCCCCCCCC(C)C. The molecule has 0 radical (unpaired) electrons. The Morgan fingerprint density at radius 2 is 0.469 bits per heavy atom. The van der Waals surface area contributed by atoms with Crippen molar-refractivity contribution in [2.45, 2.75) is 426 Å². The fraction of sp³-hybridized carbons (Fsp3) is 0.949. The van der Waals surface area contributed by atoms with E-state index in [0.717, 1.165) is 108 Å². The molecule has 0 aromatic heterocycles. The van der Waals surface area contributed by atoms with Crippen LogP contribution in [0.4, 0.5) is 0 Å². The first kappa shape index (κ1) is 96.1. The Morgan fingerprint density at radius 3 is 0.694 bits per heavy atom. The average molecular weight is 1440 g/mol. The van der Waals surface area contributed by atoms with Gasteiger partial charge in [-0.25, -0.2) is 9.13 Å². The van der Waals surface area contributed by atoms with Crippen molar-refractivity contribution in [1.82, 2.24) is 0 Å². The highest BCUT2D eigenvalue weighted by Gasteiger charge is 2.30. The number of ether oxygens (including phenoxy) is 4. The normalized spacial score (nSPS) is 14.0. The Morgan fingerprint density at radius 1 is 0.276 bits per heavy atom. The second kappa shape index (κ2) is 69.4. The summed E-state index contributed by atoms with van der Waals surface area (Å²) in [4.78, 5) is 72.9. The highest BCUT2D eigenvalue weighted by molar-refractivity contribution is 7.47. The van der Waals surface area contributed by atoms with Gasteiger partial charge in [0.25, 0.3) is 0 Å². The van der Waals surface area contributed by atoms with Gasteiger partial charge in [0.05, 0.1) is 26.4 Å². The number of aliphatic hydroxyl groups excluding tert-OH is 1. The third kappa shape index (κ3) is 72.4. The van der Waals surface area contributed by atoms with Gasteiger partial charge in [0, 0.05) is 25.7 Å². The molecule has 98 heavy (non-hydrogen) atoms. The van der Waals surface area contributed by atoms with Gasteiger partial charge in [0.2, 0.25) is 0 Å². The molecule has 17 nitrogen and oxygen atoms in total. The van der Waals surface area contributed by atoms with Crippen molar-refractivity contribution in [3.05, 3.63) is 0 Å². The molecule has 0 bridgehead atoms. The van der Waals surface area contributed by atoms with E-state index in [1.165, 1.54) is 212 Å². The predicted molar refractivity (Wildman–Crippen MR) is 400 cm³/mol. The summed E-state index contributed by atoms with van der Waals surface area (Å²) in [6.07, 6.45) is 57.0. The summed E-state index contributed by atoms with van der Waals surface area (Å²) in [7, 11) is -9.92. The van der Waals surface area contributed by atoms with Gasteiger partial charge in [-0.3, -0.25) is 37.3 Å². The molecule has 5 atom stereocenters. The van der Waals surface area contributed by atoms with Gasteiger partial charge < -0.3 is 33.8 Å². The highest BCUT2D eigenvalue weighted by Crippen LogP contribution is 2.45. The van der Waals surface area contributed by atoms with Crippen LogP contribution >= 0.6 is 15.6 Å². The fourth-order valence-electron chi connectivity index (χ4n) is 12.1. The number of carbonyl (C=O) groups is 4. The van der Waals surface area contributed by atoms with Crippen LogP contribution in [0.3, 0.4) is 0 Å². The van der Waals surface area contributed by atoms with Crippen molar-refractivity contribution in [1.29, 1.82) is 0 Å². The van der Waals surface area contributed by atoms with Gasteiger partial charge in [-0.05, 0) is 43.4 Å². The van der Waals surface area contributed by atoms with Crippen molar-refractivity contribution in [3.63, 3.8) is 0 Å². The van der Waals surface area contributed by atoms with Gasteiger partial charge in [-0.1, -0.05) is 357 Å². The molecule has 0 saturated heterocycles. The number of carbonyl (C=O) groups excluding carboxylic acids is 4. The monoisotopic (exact) mass is 1440 g/mol. The van der Waals surface area contributed by atoms with E-state index in [2.05, 4.69) is 48.5 Å². The van der Waals surface area contributed by atoms with Crippen molar-refractivity contribution in [3.8, 4) is 0 Å². The van der Waals surface area contributed by atoms with E-state index < -0.39 is 97.5 Å². The molecule has 0 aromatic rings. The Hall–Kier alpha value is -1.94. The highest BCUT2D eigenvalue weighted by atomic mass is 31.2. The number of hydrogen-bond donors (Lipinski definition) is 3. The number of esters is 4. The van der Waals surface area contributed by atoms with Gasteiger partial charge in [0.1, 0.15) is 19.3 Å². The smallest absolute Gasteiger partial charge is 0.462 e. The molecule has 0 rings (SSSR count). The summed E-state index contributed by atoms with van der Waals surface area (Å²) in [5, 5.41) is 10.6. The third-order valence-corrected chi connectivity index (χ3v) is 20.3. The molecule has 0 aliphatic carbocycles. The van der Waals surface area contributed by atoms with E-state index in [1.54, 1.807) is 0 Å². The quantitative estimate of drug-likeness (QED) is 0.0222. The van der Waals surface area contributed by atoms with Crippen LogP contribution in [-0.2, 0) is 65.4 Å². The minimum Gasteiger partial charge on any atom is -0.462 e. The zero-order chi connectivity index (χ0) is 72.3. The van der Waals surface area contributed by atoms with Crippen LogP contribution in [0.2, 0.25) is 0 Å². The van der Waals surface area contributed by atoms with E-state index in [9.17, 15) is 43.2 Å². The molecule has 19 heteroatoms. The second-order valence-electron chi connectivity index (χ2n) is 29.9. The minimum absolute atomic E-state index is 0.106. The topological polar surface area (TPSA) is 237 Å². The predicted octanol–water partition coefficient (Wildman–Crippen LogP) is 23.4. The fourth-order valence-corrected chi connectivity index (χ4v) is 13.7. The van der Waals surface area contributed by atoms with Crippen molar-refractivity contribution < 1.29 is 80.2 Å². The standard InChI is InChI=1S/C79H154O17P2/c1-8-9-10-11-12-13-14-15-16-17-18-19-20-21-28-33-40-48-55-62-78(83)95-74(66-89-76(81)60-53-46-39-32-27-23-22-25-30-36-43-50-57-70(2)3)68-93-97(85,86)91-64-73(80)65-92-98(87,88)94-69-75(67-90-77(82)61-54-47-42-35-38-45-52-59-72(6)7)96-79(84)63-56-49-41-34-29-24-26-31-37-44-51-58-71(4)5/h70-75,80H,8-69H2,1-7H3,(H,85,86)(H,87,88)/t73-,74-,75-/m1/s1. The van der Waals surface area contributed by atoms with Crippen molar-refractivity contribution >= 4 is 39.5 Å². The summed E-state index contributed by atoms with van der Waals surface area (Å²) >= 11 is 0. The van der Waals surface area contributed by atoms with Crippen LogP contribution in [0.25, 0.3) is 0 Å². The molecule has 582 valence electrons. The molecule has 0 fully saturated rings. The Balaban J connectivity index is 5.24. The van der Waals surface area contributed by atoms with Crippen LogP contribution in [0.15, 0.2) is 0 Å². The van der Waals surface area contributed by atoms with Gasteiger partial charge in [-0.15, -0.1) is 0 Å². The molecule has 2 unspecified atom stereocenters. The van der Waals surface area contributed by atoms with E-state index >= 15 is 0 Å². The second-order valence-corrected chi connectivity index (χ2v) is 32.8. The average Bonchev–Trinajstić information content (AvgIpc) is 0.961. The molecule has 0 aromatic carbocycles. The number of phosphoric acid groups is 2. The van der Waals surface area contributed by atoms with Crippen LogP contribution in [0.5, 0.6) is 0 Å². The van der Waals surface area contributed by atoms with E-state index in [0.29, 0.717) is 31.6 Å². The molecular weight excluding hydrogens is 1280 g/mol. The van der Waals surface area contributed by atoms with E-state index in [4.69, 9.17) is 37.0 Å². The first-order chi connectivity index (χ1) is 47.2. The summed E-state index contributed by atoms with van der Waals surface area (Å²) < 4.78 is 68.6. The molecule has 3 N–H and O–H groups in total. The largest absolute Gasteiger partial charge is 0.472 e. The van der Waals surface area contributed by atoms with Crippen molar-refractivity contribution in [2.24, 2.45) is 17.8 Å². The van der Waals surface area contributed by atoms with Crippen LogP contribution in [-0.4, -0.2) is 96.7 Å². The van der Waals surface area contributed by atoms with Crippen LogP contribution in [0, 0.1) is 17.8 Å². The molecular formula is C79H154O17P2. The maximum absolute atomic E-state index is 13.1. The zero-order valence-corrected chi connectivity index (χ0v) is 66.0. The maximum atomic E-state index is 13.1.